The predicted molar refractivity (Wildman–Crippen MR) is 129 cm³/mol. The molecule has 1 aromatic carbocycles. The molecule has 0 spiro atoms. The van der Waals surface area contributed by atoms with Gasteiger partial charge in [0.25, 0.3) is 5.91 Å². The lowest BCUT2D eigenvalue weighted by atomic mass is 10.0. The monoisotopic (exact) mass is 558 g/mol. The van der Waals surface area contributed by atoms with E-state index in [0.29, 0.717) is 31.2 Å². The van der Waals surface area contributed by atoms with E-state index < -0.39 is 29.2 Å². The topological polar surface area (TPSA) is 107 Å². The summed E-state index contributed by atoms with van der Waals surface area (Å²) in [7, 11) is 1.24. The molecule has 2 aliphatic rings. The molecule has 1 aromatic heterocycles. The van der Waals surface area contributed by atoms with E-state index in [1.165, 1.54) is 31.4 Å². The molecular formula is C23H20ClF5N6OS. The maximum atomic E-state index is 14.3. The van der Waals surface area contributed by atoms with Crippen LogP contribution < -0.4 is 10.6 Å². The number of amides is 1. The van der Waals surface area contributed by atoms with Gasteiger partial charge >= 0.3 is 12.1 Å². The van der Waals surface area contributed by atoms with Crippen molar-refractivity contribution in [2.75, 3.05) is 5.32 Å². The number of nitriles is 1. The van der Waals surface area contributed by atoms with Crippen molar-refractivity contribution in [3.8, 4) is 6.07 Å². The van der Waals surface area contributed by atoms with Crippen LogP contribution in [0.1, 0.15) is 47.3 Å². The summed E-state index contributed by atoms with van der Waals surface area (Å²) in [6.07, 6.45) is -1.25. The maximum Gasteiger partial charge on any atom is 0.459 e. The normalized spacial score (nSPS) is 17.2. The molecule has 37 heavy (non-hydrogen) atoms. The van der Waals surface area contributed by atoms with Gasteiger partial charge < -0.3 is 16.0 Å². The van der Waals surface area contributed by atoms with Gasteiger partial charge in [-0.05, 0) is 43.4 Å². The molecule has 2 aliphatic carbocycles. The zero-order chi connectivity index (χ0) is 27.2. The molecule has 1 amide bonds. The Morgan fingerprint density at radius 3 is 2.54 bits per heavy atom. The second-order valence-corrected chi connectivity index (χ2v) is 10.5. The summed E-state index contributed by atoms with van der Waals surface area (Å²) >= 11 is 7.06. The fraction of sp³-hybridized carbons (Fsp3) is 0.391. The summed E-state index contributed by atoms with van der Waals surface area (Å²) < 4.78 is 68.8. The number of aromatic nitrogens is 2. The van der Waals surface area contributed by atoms with Gasteiger partial charge in [0.1, 0.15) is 11.4 Å². The smallest absolute Gasteiger partial charge is 0.345 e. The molecule has 14 heteroatoms. The molecule has 2 aromatic rings. The summed E-state index contributed by atoms with van der Waals surface area (Å²) in [6.45, 7) is 0. The van der Waals surface area contributed by atoms with Gasteiger partial charge in [-0.25, -0.2) is 0 Å². The molecule has 0 saturated heterocycles. The lowest BCUT2D eigenvalue weighted by molar-refractivity contribution is -0.292. The highest BCUT2D eigenvalue weighted by atomic mass is 35.5. The highest BCUT2D eigenvalue weighted by Gasteiger charge is 2.62. The Morgan fingerprint density at radius 2 is 2.00 bits per heavy atom. The number of anilines is 1. The third-order valence-electron chi connectivity index (χ3n) is 5.85. The molecule has 2 saturated carbocycles. The summed E-state index contributed by atoms with van der Waals surface area (Å²) in [6, 6.07) is 6.38. The molecular weight excluding hydrogens is 539 g/mol. The summed E-state index contributed by atoms with van der Waals surface area (Å²) in [5.41, 5.74) is -1.73. The van der Waals surface area contributed by atoms with E-state index in [0.717, 1.165) is 22.7 Å². The summed E-state index contributed by atoms with van der Waals surface area (Å²) in [4.78, 5) is 12.4. The molecule has 196 valence electrons. The largest absolute Gasteiger partial charge is 0.459 e. The average Bonchev–Trinajstić information content (AvgIpc) is 3.76. The van der Waals surface area contributed by atoms with Gasteiger partial charge in [-0.3, -0.25) is 9.48 Å². The number of nitrogens with zero attached hydrogens (tertiary/aromatic N) is 3. The van der Waals surface area contributed by atoms with Crippen molar-refractivity contribution >= 4 is 46.9 Å². The van der Waals surface area contributed by atoms with Crippen LogP contribution in [0.3, 0.4) is 0 Å². The number of carbonyl (C=O) groups is 1. The number of alkyl halides is 5. The van der Waals surface area contributed by atoms with Gasteiger partial charge in [0, 0.05) is 30.3 Å². The number of aryl methyl sites for hydroxylation is 1. The van der Waals surface area contributed by atoms with E-state index in [-0.39, 0.29) is 32.1 Å². The number of thioether (sulfide) groups is 1. The number of halogens is 6. The van der Waals surface area contributed by atoms with Gasteiger partial charge in [0.2, 0.25) is 0 Å². The van der Waals surface area contributed by atoms with Gasteiger partial charge in [-0.2, -0.15) is 32.3 Å². The van der Waals surface area contributed by atoms with Gasteiger partial charge in [0.15, 0.2) is 5.69 Å². The molecule has 7 nitrogen and oxygen atoms in total. The first-order chi connectivity index (χ1) is 17.3. The number of nitrogens with one attached hydrogen (secondary N) is 3. The molecule has 3 N–H and O–H groups in total. The standard InChI is InChI=1S/C23H20ClF5N6OS/c1-35-19(17(37-14-3-4-14)18(34-35)22(25,26)23(27,28)29)32-10-13(9-30)12-2-5-16(24)15(8-12)20(36)33-21(11-31)6-7-21/h2,5,8-10,14,30,32H,3-4,6-7H2,1H3,(H,33,36)/b13-10+,30-9?. The van der Waals surface area contributed by atoms with Gasteiger partial charge in [-0.1, -0.05) is 17.7 Å². The summed E-state index contributed by atoms with van der Waals surface area (Å²) in [5, 5.41) is 25.9. The van der Waals surface area contributed by atoms with E-state index in [1.54, 1.807) is 0 Å². The Balaban J connectivity index is 1.66. The molecule has 0 atom stereocenters. The molecule has 0 aliphatic heterocycles. The van der Waals surface area contributed by atoms with E-state index in [4.69, 9.17) is 17.0 Å². The number of benzene rings is 1. The minimum Gasteiger partial charge on any atom is -0.345 e. The van der Waals surface area contributed by atoms with Crippen molar-refractivity contribution in [2.45, 2.75) is 53.5 Å². The number of hydrogen-bond donors (Lipinski definition) is 3. The zero-order valence-corrected chi connectivity index (χ0v) is 20.8. The van der Waals surface area contributed by atoms with Crippen LogP contribution >= 0.6 is 23.4 Å². The third-order valence-corrected chi connectivity index (χ3v) is 7.60. The van der Waals surface area contributed by atoms with Crippen LogP contribution in [0.5, 0.6) is 0 Å². The van der Waals surface area contributed by atoms with Crippen molar-refractivity contribution in [3.63, 3.8) is 0 Å². The Kier molecular flexibility index (Phi) is 7.02. The maximum absolute atomic E-state index is 14.3. The number of allylic oxidation sites excluding steroid dienone is 1. The van der Waals surface area contributed by atoms with Crippen LogP contribution in [0, 0.1) is 16.7 Å². The SMILES string of the molecule is Cn1nc(C(F)(F)C(F)(F)F)c(SC2CC2)c1N/C=C(\C=N)c1ccc(Cl)c(C(=O)NC2(C#N)CC2)c1. The molecule has 1 heterocycles. The second-order valence-electron chi connectivity index (χ2n) is 8.77. The second kappa shape index (κ2) is 9.64. The number of rotatable bonds is 9. The first kappa shape index (κ1) is 26.9. The Labute approximate surface area is 217 Å². The lowest BCUT2D eigenvalue weighted by Crippen LogP contribution is -2.35. The van der Waals surface area contributed by atoms with Crippen molar-refractivity contribution in [1.82, 2.24) is 15.1 Å². The fourth-order valence-corrected chi connectivity index (χ4v) is 4.87. The van der Waals surface area contributed by atoms with Crippen molar-refractivity contribution in [2.24, 2.45) is 7.05 Å². The van der Waals surface area contributed by atoms with Crippen LogP contribution in [0.4, 0.5) is 27.8 Å². The van der Waals surface area contributed by atoms with Crippen LogP contribution in [-0.4, -0.2) is 38.9 Å². The Bertz CT molecular complexity index is 1320. The number of carbonyl (C=O) groups excluding carboxylic acids is 1. The van der Waals surface area contributed by atoms with Gasteiger partial charge in [0.05, 0.1) is 21.6 Å². The van der Waals surface area contributed by atoms with Crippen molar-refractivity contribution in [3.05, 3.63) is 46.2 Å². The van der Waals surface area contributed by atoms with Crippen LogP contribution in [0.2, 0.25) is 5.02 Å². The minimum absolute atomic E-state index is 0.0612. The van der Waals surface area contributed by atoms with Crippen molar-refractivity contribution in [1.29, 1.82) is 10.7 Å². The molecule has 0 unspecified atom stereocenters. The Morgan fingerprint density at radius 1 is 1.32 bits per heavy atom. The molecule has 0 radical (unpaired) electrons. The fourth-order valence-electron chi connectivity index (χ4n) is 3.38. The highest BCUT2D eigenvalue weighted by molar-refractivity contribution is 8.00. The average molecular weight is 559 g/mol. The van der Waals surface area contributed by atoms with E-state index >= 15 is 0 Å². The summed E-state index contributed by atoms with van der Waals surface area (Å²) in [5.74, 6) is -5.82. The van der Waals surface area contributed by atoms with E-state index in [2.05, 4.69) is 15.7 Å². The Hall–Kier alpha value is -3.11. The molecule has 2 fully saturated rings. The van der Waals surface area contributed by atoms with Crippen LogP contribution in [-0.2, 0) is 13.0 Å². The van der Waals surface area contributed by atoms with E-state index in [9.17, 15) is 32.0 Å². The van der Waals surface area contributed by atoms with Crippen LogP contribution in [0.15, 0.2) is 29.3 Å². The number of hydrogen-bond acceptors (Lipinski definition) is 6. The molecule has 4 rings (SSSR count). The van der Waals surface area contributed by atoms with Gasteiger partial charge in [-0.15, -0.1) is 11.8 Å². The first-order valence-electron chi connectivity index (χ1n) is 11.0. The quantitative estimate of drug-likeness (QED) is 0.264. The van der Waals surface area contributed by atoms with E-state index in [1.807, 2.05) is 6.07 Å². The predicted octanol–water partition coefficient (Wildman–Crippen LogP) is 5.87. The highest BCUT2D eigenvalue weighted by Crippen LogP contribution is 2.51. The molecule has 0 bridgehead atoms. The first-order valence-corrected chi connectivity index (χ1v) is 12.3. The van der Waals surface area contributed by atoms with Crippen LogP contribution in [0.25, 0.3) is 5.57 Å². The minimum atomic E-state index is -5.82. The third kappa shape index (κ3) is 5.45. The lowest BCUT2D eigenvalue weighted by Gasteiger charge is -2.18. The zero-order valence-electron chi connectivity index (χ0n) is 19.2. The van der Waals surface area contributed by atoms with Crippen molar-refractivity contribution < 1.29 is 26.7 Å².